The summed E-state index contributed by atoms with van der Waals surface area (Å²) in [5.41, 5.74) is 0. The van der Waals surface area contributed by atoms with Crippen LogP contribution in [0.5, 0.6) is 0 Å². The van der Waals surface area contributed by atoms with Gasteiger partial charge < -0.3 is 0 Å². The fourth-order valence-corrected chi connectivity index (χ4v) is 0.762. The van der Waals surface area contributed by atoms with Crippen molar-refractivity contribution < 1.29 is 9.59 Å². The number of hydrogen-bond acceptors (Lipinski definition) is 2. The Morgan fingerprint density at radius 3 is 2.12 bits per heavy atom. The van der Waals surface area contributed by atoms with E-state index in [1.54, 1.807) is 0 Å². The van der Waals surface area contributed by atoms with E-state index in [-0.39, 0.29) is 18.0 Å². The molecule has 0 fully saturated rings. The Balaban J connectivity index is 3.40. The Hall–Kier alpha value is 0.158. The summed E-state index contributed by atoms with van der Waals surface area (Å²) in [5.74, 6) is 0.0595. The molecule has 0 saturated carbocycles. The van der Waals surface area contributed by atoms with Crippen molar-refractivity contribution >= 4 is 34.6 Å². The normalized spacial score (nSPS) is 8.75. The average molecular weight is 223 g/mol. The van der Waals surface area contributed by atoms with Crippen LogP contribution in [-0.2, 0) is 9.59 Å². The van der Waals surface area contributed by atoms with E-state index >= 15 is 0 Å². The van der Waals surface area contributed by atoms with Gasteiger partial charge in [-0.3, -0.25) is 0 Å². The first kappa shape index (κ1) is 8.16. The molecular weight excluding hydrogens is 214 g/mol. The molecule has 0 aromatic heterocycles. The van der Waals surface area contributed by atoms with Crippen LogP contribution in [0, 0.1) is 0 Å². The molecule has 0 rings (SSSR count). The molecule has 0 aromatic carbocycles. The molecule has 3 heteroatoms. The van der Waals surface area contributed by atoms with Crippen LogP contribution in [0.2, 0.25) is 4.37 Å². The van der Waals surface area contributed by atoms with Crippen molar-refractivity contribution in [2.45, 2.75) is 17.7 Å². The Morgan fingerprint density at radius 2 is 2.00 bits per heavy atom. The van der Waals surface area contributed by atoms with E-state index in [1.165, 1.54) is 6.92 Å². The Kier molecular flexibility index (Phi) is 4.16. The minimum absolute atomic E-state index is 0.0238. The molecule has 0 N–H and O–H groups in total. The van der Waals surface area contributed by atoms with E-state index in [2.05, 4.69) is 0 Å². The van der Waals surface area contributed by atoms with Crippen LogP contribution in [0.4, 0.5) is 0 Å². The van der Waals surface area contributed by atoms with Crippen LogP contribution in [0.3, 0.4) is 0 Å². The van der Waals surface area contributed by atoms with Gasteiger partial charge in [0.2, 0.25) is 0 Å². The van der Waals surface area contributed by atoms with Crippen LogP contribution in [0.25, 0.3) is 0 Å². The molecule has 8 heavy (non-hydrogen) atoms. The predicted molar refractivity (Wildman–Crippen MR) is 33.7 cm³/mol. The first-order valence-electron chi connectivity index (χ1n) is 2.38. The van der Waals surface area contributed by atoms with Gasteiger partial charge in [0.1, 0.15) is 0 Å². The zero-order valence-electron chi connectivity index (χ0n) is 4.81. The molecule has 2 nitrogen and oxygen atoms in total. The van der Waals surface area contributed by atoms with Crippen molar-refractivity contribution in [3.63, 3.8) is 0 Å². The van der Waals surface area contributed by atoms with Crippen molar-refractivity contribution in [2.24, 2.45) is 0 Å². The molecule has 0 radical (unpaired) electrons. The standard InChI is InChI=1S/C5H7O2.Sb.2H/c1-4(6)3-5(2)7;;;/h1,3H2,2H3;;;. The Morgan fingerprint density at radius 1 is 1.50 bits per heavy atom. The summed E-state index contributed by atoms with van der Waals surface area (Å²) >= 11 is 0.933. The second-order valence-electron chi connectivity index (χ2n) is 1.62. The first-order chi connectivity index (χ1) is 3.66. The van der Waals surface area contributed by atoms with E-state index in [1.807, 2.05) is 0 Å². The molecule has 0 heterocycles. The van der Waals surface area contributed by atoms with Gasteiger partial charge in [0, 0.05) is 0 Å². The summed E-state index contributed by atoms with van der Waals surface area (Å²) in [4.78, 5) is 20.6. The van der Waals surface area contributed by atoms with Gasteiger partial charge in [-0.2, -0.15) is 0 Å². The molecule has 0 aliphatic carbocycles. The van der Waals surface area contributed by atoms with Crippen LogP contribution in [-0.4, -0.2) is 34.6 Å². The topological polar surface area (TPSA) is 34.1 Å². The average Bonchev–Trinajstić information content (AvgIpc) is 1.65. The van der Waals surface area contributed by atoms with Crippen LogP contribution in [0.1, 0.15) is 13.3 Å². The van der Waals surface area contributed by atoms with Gasteiger partial charge in [0.05, 0.1) is 0 Å². The van der Waals surface area contributed by atoms with Crippen molar-refractivity contribution in [1.82, 2.24) is 0 Å². The minimum atomic E-state index is -0.0238. The van der Waals surface area contributed by atoms with E-state index in [0.29, 0.717) is 4.37 Å². The summed E-state index contributed by atoms with van der Waals surface area (Å²) < 4.78 is 0.602. The number of Topliss-reactive ketones (excluding diaryl/α,β-unsaturated/α-hetero) is 2. The maximum atomic E-state index is 10.4. The van der Waals surface area contributed by atoms with E-state index in [9.17, 15) is 9.59 Å². The van der Waals surface area contributed by atoms with Crippen LogP contribution in [0.15, 0.2) is 0 Å². The summed E-state index contributed by atoms with van der Waals surface area (Å²) in [5, 5.41) is 0. The molecule has 0 saturated heterocycles. The SMILES string of the molecule is CC(=O)CC(=O)[CH2][SbH2]. The summed E-state index contributed by atoms with van der Waals surface area (Å²) in [6, 6.07) is 0. The molecule has 0 spiro atoms. The van der Waals surface area contributed by atoms with E-state index < -0.39 is 0 Å². The molecular formula is C5H9O2Sb. The second kappa shape index (κ2) is 4.08. The number of ketones is 2. The van der Waals surface area contributed by atoms with Gasteiger partial charge in [0.25, 0.3) is 0 Å². The predicted octanol–water partition coefficient (Wildman–Crippen LogP) is -0.414. The zero-order valence-corrected chi connectivity index (χ0v) is 8.10. The van der Waals surface area contributed by atoms with Gasteiger partial charge >= 0.3 is 61.9 Å². The molecule has 0 unspecified atom stereocenters. The fraction of sp³-hybridized carbons (Fsp3) is 0.600. The number of rotatable bonds is 3. The quantitative estimate of drug-likeness (QED) is 0.481. The maximum absolute atomic E-state index is 10.4. The molecule has 0 aliphatic heterocycles. The van der Waals surface area contributed by atoms with Gasteiger partial charge in [-0.25, -0.2) is 0 Å². The third-order valence-corrected chi connectivity index (χ3v) is 1.97. The number of carbonyl (C=O) groups excluding carboxylic acids is 2. The third kappa shape index (κ3) is 4.32. The first-order valence-corrected chi connectivity index (χ1v) is 4.71. The Labute approximate surface area is 62.1 Å². The van der Waals surface area contributed by atoms with Gasteiger partial charge in [0.15, 0.2) is 0 Å². The van der Waals surface area contributed by atoms with Crippen molar-refractivity contribution in [2.75, 3.05) is 0 Å². The van der Waals surface area contributed by atoms with E-state index in [4.69, 9.17) is 0 Å². The molecule has 0 bridgehead atoms. The van der Waals surface area contributed by atoms with Crippen LogP contribution >= 0.6 is 0 Å². The van der Waals surface area contributed by atoms with Gasteiger partial charge in [-0.05, 0) is 0 Å². The summed E-state index contributed by atoms with van der Waals surface area (Å²) in [6.07, 6.45) is 0.140. The molecule has 0 aromatic rings. The third-order valence-electron chi connectivity index (χ3n) is 0.674. The summed E-state index contributed by atoms with van der Waals surface area (Å²) in [6.45, 7) is 1.44. The molecule has 0 atom stereocenters. The van der Waals surface area contributed by atoms with Crippen molar-refractivity contribution in [3.8, 4) is 0 Å². The Bertz CT molecular complexity index is 109. The van der Waals surface area contributed by atoms with Crippen molar-refractivity contribution in [3.05, 3.63) is 0 Å². The molecule has 0 amide bonds. The van der Waals surface area contributed by atoms with E-state index in [0.717, 1.165) is 23.0 Å². The van der Waals surface area contributed by atoms with Crippen molar-refractivity contribution in [1.29, 1.82) is 0 Å². The molecule has 0 aliphatic rings. The monoisotopic (exact) mass is 222 g/mol. The summed E-state index contributed by atoms with van der Waals surface area (Å²) in [7, 11) is 0. The molecule has 46 valence electrons. The van der Waals surface area contributed by atoms with Crippen LogP contribution < -0.4 is 0 Å². The van der Waals surface area contributed by atoms with Gasteiger partial charge in [-0.1, -0.05) is 0 Å². The zero-order chi connectivity index (χ0) is 6.57. The number of carbonyl (C=O) groups is 2. The number of hydrogen-bond donors (Lipinski definition) is 0. The van der Waals surface area contributed by atoms with Gasteiger partial charge in [-0.15, -0.1) is 0 Å². The second-order valence-corrected chi connectivity index (χ2v) is 2.79. The fourth-order valence-electron chi connectivity index (χ4n) is 0.350.